The second-order valence-electron chi connectivity index (χ2n) is 4.88. The fraction of sp³-hybridized carbons (Fsp3) is 0.200. The molecule has 2 N–H and O–H groups in total. The van der Waals surface area contributed by atoms with Crippen molar-refractivity contribution in [3.8, 4) is 0 Å². The predicted molar refractivity (Wildman–Crippen MR) is 75.7 cm³/mol. The smallest absolute Gasteiger partial charge is 0.126 e. The van der Waals surface area contributed by atoms with Crippen molar-refractivity contribution in [1.29, 1.82) is 0 Å². The van der Waals surface area contributed by atoms with Crippen LogP contribution in [-0.2, 0) is 12.0 Å². The van der Waals surface area contributed by atoms with Gasteiger partial charge in [-0.1, -0.05) is 28.1 Å². The van der Waals surface area contributed by atoms with Gasteiger partial charge in [0.2, 0.25) is 0 Å². The molecule has 0 saturated heterocycles. The second-order valence-corrected chi connectivity index (χ2v) is 5.79. The largest absolute Gasteiger partial charge is 0.321 e. The third-order valence-corrected chi connectivity index (χ3v) is 3.53. The molecular weight excluding hydrogens is 312 g/mol. The molecule has 0 saturated carbocycles. The van der Waals surface area contributed by atoms with E-state index in [9.17, 15) is 8.78 Å². The highest BCUT2D eigenvalue weighted by atomic mass is 79.9. The number of rotatable bonds is 3. The van der Waals surface area contributed by atoms with E-state index in [1.54, 1.807) is 0 Å². The van der Waals surface area contributed by atoms with E-state index in [1.165, 1.54) is 12.1 Å². The van der Waals surface area contributed by atoms with Crippen LogP contribution in [0, 0.1) is 11.6 Å². The van der Waals surface area contributed by atoms with Crippen LogP contribution >= 0.6 is 15.9 Å². The van der Waals surface area contributed by atoms with Gasteiger partial charge in [-0.05, 0) is 48.7 Å². The van der Waals surface area contributed by atoms with Crippen LogP contribution in [0.1, 0.15) is 18.1 Å². The molecule has 0 bridgehead atoms. The first-order chi connectivity index (χ1) is 8.87. The summed E-state index contributed by atoms with van der Waals surface area (Å²) in [7, 11) is 0. The summed E-state index contributed by atoms with van der Waals surface area (Å²) in [5, 5.41) is 0. The molecule has 0 aliphatic rings. The maximum absolute atomic E-state index is 13.2. The maximum atomic E-state index is 13.2. The Bertz CT molecular complexity index is 559. The van der Waals surface area contributed by atoms with Crippen LogP contribution in [0.15, 0.2) is 46.9 Å². The molecule has 19 heavy (non-hydrogen) atoms. The third-order valence-electron chi connectivity index (χ3n) is 3.00. The number of benzene rings is 2. The summed E-state index contributed by atoms with van der Waals surface area (Å²) in [4.78, 5) is 0. The van der Waals surface area contributed by atoms with Crippen molar-refractivity contribution in [1.82, 2.24) is 0 Å². The van der Waals surface area contributed by atoms with Crippen LogP contribution < -0.4 is 5.73 Å². The Morgan fingerprint density at radius 2 is 1.58 bits per heavy atom. The van der Waals surface area contributed by atoms with E-state index < -0.39 is 17.2 Å². The Hall–Kier alpha value is -1.26. The summed E-state index contributed by atoms with van der Waals surface area (Å²) in [5.74, 6) is -1.16. The zero-order chi connectivity index (χ0) is 14.0. The van der Waals surface area contributed by atoms with Gasteiger partial charge in [-0.25, -0.2) is 8.78 Å². The van der Waals surface area contributed by atoms with Crippen LogP contribution in [0.3, 0.4) is 0 Å². The average molecular weight is 326 g/mol. The molecule has 2 aromatic rings. The Labute approximate surface area is 119 Å². The van der Waals surface area contributed by atoms with Crippen molar-refractivity contribution in [2.45, 2.75) is 18.9 Å². The number of hydrogen-bond donors (Lipinski definition) is 1. The average Bonchev–Trinajstić information content (AvgIpc) is 2.27. The molecule has 0 spiro atoms. The highest BCUT2D eigenvalue weighted by Crippen LogP contribution is 2.25. The summed E-state index contributed by atoms with van der Waals surface area (Å²) in [6, 6.07) is 11.1. The molecule has 1 nitrogen and oxygen atoms in total. The van der Waals surface area contributed by atoms with E-state index in [0.29, 0.717) is 12.0 Å². The summed E-state index contributed by atoms with van der Waals surface area (Å²) in [6.07, 6.45) is 0.364. The van der Waals surface area contributed by atoms with Gasteiger partial charge < -0.3 is 5.73 Å². The second kappa shape index (κ2) is 5.39. The van der Waals surface area contributed by atoms with Crippen molar-refractivity contribution in [3.05, 3.63) is 69.7 Å². The normalized spacial score (nSPS) is 14.2. The fourth-order valence-corrected chi connectivity index (χ4v) is 2.33. The minimum absolute atomic E-state index is 0.364. The minimum atomic E-state index is -0.680. The zero-order valence-electron chi connectivity index (χ0n) is 10.5. The zero-order valence-corrected chi connectivity index (χ0v) is 12.0. The molecule has 0 heterocycles. The van der Waals surface area contributed by atoms with Gasteiger partial charge in [-0.2, -0.15) is 0 Å². The fourth-order valence-electron chi connectivity index (χ4n) is 2.07. The first-order valence-corrected chi connectivity index (χ1v) is 6.66. The van der Waals surface area contributed by atoms with Gasteiger partial charge >= 0.3 is 0 Å². The molecular formula is C15H14BrF2N. The lowest BCUT2D eigenvalue weighted by Crippen LogP contribution is -2.35. The van der Waals surface area contributed by atoms with Gasteiger partial charge in [0.15, 0.2) is 0 Å². The molecule has 4 heteroatoms. The molecule has 0 aliphatic heterocycles. The highest BCUT2D eigenvalue weighted by Gasteiger charge is 2.22. The van der Waals surface area contributed by atoms with Crippen molar-refractivity contribution < 1.29 is 8.78 Å². The van der Waals surface area contributed by atoms with Crippen LogP contribution in [0.4, 0.5) is 8.78 Å². The number of hydrogen-bond acceptors (Lipinski definition) is 1. The molecule has 1 atom stereocenters. The quantitative estimate of drug-likeness (QED) is 0.901. The van der Waals surface area contributed by atoms with Gasteiger partial charge in [-0.3, -0.25) is 0 Å². The van der Waals surface area contributed by atoms with Gasteiger partial charge in [0.1, 0.15) is 11.6 Å². The molecule has 2 aromatic carbocycles. The van der Waals surface area contributed by atoms with Crippen molar-refractivity contribution in [3.63, 3.8) is 0 Å². The molecule has 0 fully saturated rings. The number of halogens is 3. The lowest BCUT2D eigenvalue weighted by atomic mass is 9.86. The van der Waals surface area contributed by atoms with Crippen molar-refractivity contribution >= 4 is 15.9 Å². The Kier molecular flexibility index (Phi) is 4.02. The summed E-state index contributed by atoms with van der Waals surface area (Å²) in [6.45, 7) is 1.85. The summed E-state index contributed by atoms with van der Waals surface area (Å²) >= 11 is 3.36. The van der Waals surface area contributed by atoms with Gasteiger partial charge in [0.05, 0.1) is 0 Å². The Morgan fingerprint density at radius 1 is 1.05 bits per heavy atom. The van der Waals surface area contributed by atoms with E-state index in [0.717, 1.165) is 16.1 Å². The molecule has 1 unspecified atom stereocenters. The van der Waals surface area contributed by atoms with Crippen molar-refractivity contribution in [2.75, 3.05) is 0 Å². The van der Waals surface area contributed by atoms with Gasteiger partial charge in [0, 0.05) is 16.1 Å². The summed E-state index contributed by atoms with van der Waals surface area (Å²) in [5.41, 5.74) is 7.04. The highest BCUT2D eigenvalue weighted by molar-refractivity contribution is 9.10. The van der Waals surface area contributed by atoms with E-state index in [4.69, 9.17) is 5.73 Å². The number of nitrogens with two attached hydrogens (primary N) is 1. The maximum Gasteiger partial charge on any atom is 0.126 e. The van der Waals surface area contributed by atoms with Gasteiger partial charge in [-0.15, -0.1) is 0 Å². The first-order valence-electron chi connectivity index (χ1n) is 5.87. The lowest BCUT2D eigenvalue weighted by molar-refractivity contribution is 0.486. The van der Waals surface area contributed by atoms with Gasteiger partial charge in [0.25, 0.3) is 0 Å². The SMILES string of the molecule is CC(N)(Cc1cc(F)cc(F)c1)c1ccc(Br)cc1. The molecule has 2 rings (SSSR count). The first kappa shape index (κ1) is 14.2. The van der Waals surface area contributed by atoms with E-state index >= 15 is 0 Å². The standard InChI is InChI=1S/C15H14BrF2N/c1-15(19,11-2-4-12(16)5-3-11)9-10-6-13(17)8-14(18)7-10/h2-8H,9,19H2,1H3. The Morgan fingerprint density at radius 3 is 2.11 bits per heavy atom. The molecule has 0 aromatic heterocycles. The third kappa shape index (κ3) is 3.61. The minimum Gasteiger partial charge on any atom is -0.321 e. The van der Waals surface area contributed by atoms with Crippen LogP contribution in [0.2, 0.25) is 0 Å². The molecule has 0 radical (unpaired) electrons. The Balaban J connectivity index is 2.27. The van der Waals surface area contributed by atoms with Crippen LogP contribution in [0.5, 0.6) is 0 Å². The monoisotopic (exact) mass is 325 g/mol. The van der Waals surface area contributed by atoms with Crippen LogP contribution in [0.25, 0.3) is 0 Å². The summed E-state index contributed by atoms with van der Waals surface area (Å²) < 4.78 is 27.3. The van der Waals surface area contributed by atoms with E-state index in [1.807, 2.05) is 31.2 Å². The lowest BCUT2D eigenvalue weighted by Gasteiger charge is -2.25. The topological polar surface area (TPSA) is 26.0 Å². The van der Waals surface area contributed by atoms with Crippen molar-refractivity contribution in [2.24, 2.45) is 5.73 Å². The predicted octanol–water partition coefficient (Wildman–Crippen LogP) is 4.14. The molecule has 100 valence electrons. The van der Waals surface area contributed by atoms with E-state index in [-0.39, 0.29) is 0 Å². The molecule has 0 amide bonds. The molecule has 0 aliphatic carbocycles. The van der Waals surface area contributed by atoms with E-state index in [2.05, 4.69) is 15.9 Å². The van der Waals surface area contributed by atoms with Crippen LogP contribution in [-0.4, -0.2) is 0 Å².